The van der Waals surface area contributed by atoms with Gasteiger partial charge in [0.2, 0.25) is 0 Å². The van der Waals surface area contributed by atoms with Crippen LogP contribution in [0.5, 0.6) is 0 Å². The summed E-state index contributed by atoms with van der Waals surface area (Å²) in [5.74, 6) is 0.468. The summed E-state index contributed by atoms with van der Waals surface area (Å²) in [6.45, 7) is 7.05. The van der Waals surface area contributed by atoms with Crippen LogP contribution in [0.3, 0.4) is 0 Å². The van der Waals surface area contributed by atoms with E-state index in [1.807, 2.05) is 0 Å². The number of nitrogens with two attached hydrogens (primary N) is 1. The molecule has 2 N–H and O–H groups in total. The Hall–Kier alpha value is -0.860. The van der Waals surface area contributed by atoms with Gasteiger partial charge in [-0.25, -0.2) is 0 Å². The Bertz CT molecular complexity index is 462. The molecule has 1 aromatic rings. The van der Waals surface area contributed by atoms with Crippen molar-refractivity contribution in [3.05, 3.63) is 35.4 Å². The molecule has 1 aliphatic carbocycles. The maximum absolute atomic E-state index is 7.05. The number of nitrogens with zero attached hydrogens (tertiary/aromatic N) is 1. The van der Waals surface area contributed by atoms with Crippen LogP contribution in [-0.4, -0.2) is 24.0 Å². The van der Waals surface area contributed by atoms with Crippen molar-refractivity contribution in [1.82, 2.24) is 4.90 Å². The van der Waals surface area contributed by atoms with E-state index in [0.717, 1.165) is 0 Å². The lowest BCUT2D eigenvalue weighted by Crippen LogP contribution is -2.62. The van der Waals surface area contributed by atoms with E-state index in [0.29, 0.717) is 12.0 Å². The van der Waals surface area contributed by atoms with Gasteiger partial charge in [-0.05, 0) is 55.8 Å². The number of hydrogen-bond donors (Lipinski definition) is 1. The van der Waals surface area contributed by atoms with E-state index in [1.165, 1.54) is 56.3 Å². The molecule has 2 heteroatoms. The molecule has 0 bridgehead atoms. The van der Waals surface area contributed by atoms with Crippen LogP contribution in [-0.2, 0) is 12.0 Å². The van der Waals surface area contributed by atoms with Gasteiger partial charge in [0, 0.05) is 6.04 Å². The summed E-state index contributed by atoms with van der Waals surface area (Å²) in [4.78, 5) is 2.68. The van der Waals surface area contributed by atoms with Crippen LogP contribution in [0.1, 0.15) is 50.7 Å². The molecule has 2 atom stereocenters. The minimum absolute atomic E-state index is 0.188. The monoisotopic (exact) mass is 272 g/mol. The molecule has 1 aromatic carbocycles. The van der Waals surface area contributed by atoms with Crippen molar-refractivity contribution in [3.63, 3.8) is 0 Å². The first-order valence-corrected chi connectivity index (χ1v) is 8.25. The fourth-order valence-electron chi connectivity index (χ4n) is 4.28. The number of benzene rings is 1. The molecular formula is C18H28N2. The minimum Gasteiger partial charge on any atom is -0.320 e. The molecule has 1 saturated heterocycles. The Morgan fingerprint density at radius 1 is 1.15 bits per heavy atom. The van der Waals surface area contributed by atoms with Gasteiger partial charge in [0.1, 0.15) is 0 Å². The fourth-order valence-corrected chi connectivity index (χ4v) is 4.28. The van der Waals surface area contributed by atoms with E-state index in [1.54, 1.807) is 0 Å². The molecule has 2 aliphatic rings. The summed E-state index contributed by atoms with van der Waals surface area (Å²) in [6.07, 6.45) is 6.46. The van der Waals surface area contributed by atoms with Gasteiger partial charge in [0.15, 0.2) is 0 Å². The summed E-state index contributed by atoms with van der Waals surface area (Å²) in [6, 6.07) is 9.36. The summed E-state index contributed by atoms with van der Waals surface area (Å²) in [5, 5.41) is 0. The minimum atomic E-state index is -0.188. The summed E-state index contributed by atoms with van der Waals surface area (Å²) < 4.78 is 0. The zero-order valence-electron chi connectivity index (χ0n) is 12.9. The van der Waals surface area contributed by atoms with Crippen molar-refractivity contribution in [2.75, 3.05) is 13.1 Å². The number of aryl methyl sites for hydroxylation is 1. The molecule has 1 fully saturated rings. The molecule has 0 radical (unpaired) electrons. The number of likely N-dealkylation sites (tertiary alicyclic amines) is 1. The number of fused-ring (bicyclic) bond motifs is 1. The summed E-state index contributed by atoms with van der Waals surface area (Å²) >= 11 is 0. The highest BCUT2D eigenvalue weighted by atomic mass is 15.2. The average Bonchev–Trinajstić information content (AvgIpc) is 2.48. The second kappa shape index (κ2) is 5.50. The Kier molecular flexibility index (Phi) is 3.87. The molecule has 0 spiro atoms. The molecular weight excluding hydrogens is 244 g/mol. The van der Waals surface area contributed by atoms with Crippen molar-refractivity contribution in [2.45, 2.75) is 57.5 Å². The van der Waals surface area contributed by atoms with Gasteiger partial charge >= 0.3 is 0 Å². The molecule has 3 rings (SSSR count). The SMILES string of the molecule is CC(C)C1(N)c2ccccc2CCC1N1CCCCC1. The second-order valence-electron chi connectivity index (χ2n) is 6.90. The van der Waals surface area contributed by atoms with E-state index < -0.39 is 0 Å². The van der Waals surface area contributed by atoms with E-state index in [9.17, 15) is 0 Å². The average molecular weight is 272 g/mol. The first-order chi connectivity index (χ1) is 9.64. The quantitative estimate of drug-likeness (QED) is 0.895. The third-order valence-electron chi connectivity index (χ3n) is 5.51. The highest BCUT2D eigenvalue weighted by Gasteiger charge is 2.45. The number of hydrogen-bond acceptors (Lipinski definition) is 2. The van der Waals surface area contributed by atoms with Gasteiger partial charge < -0.3 is 5.73 Å². The molecule has 0 aromatic heterocycles. The lowest BCUT2D eigenvalue weighted by atomic mass is 9.67. The Morgan fingerprint density at radius 3 is 2.55 bits per heavy atom. The fraction of sp³-hybridized carbons (Fsp3) is 0.667. The Balaban J connectivity index is 1.99. The molecule has 1 aliphatic heterocycles. The van der Waals surface area contributed by atoms with Crippen LogP contribution >= 0.6 is 0 Å². The van der Waals surface area contributed by atoms with Gasteiger partial charge in [-0.15, -0.1) is 0 Å². The predicted molar refractivity (Wildman–Crippen MR) is 84.7 cm³/mol. The smallest absolute Gasteiger partial charge is 0.0593 e. The van der Waals surface area contributed by atoms with Crippen molar-refractivity contribution >= 4 is 0 Å². The zero-order chi connectivity index (χ0) is 14.2. The molecule has 110 valence electrons. The van der Waals surface area contributed by atoms with Gasteiger partial charge in [0.05, 0.1) is 5.54 Å². The maximum atomic E-state index is 7.05. The standard InChI is InChI=1S/C18H28N2/c1-14(2)18(19)16-9-5-4-8-15(16)10-11-17(18)20-12-6-3-7-13-20/h4-5,8-9,14,17H,3,6-7,10-13,19H2,1-2H3. The van der Waals surface area contributed by atoms with Crippen LogP contribution in [0.4, 0.5) is 0 Å². The molecule has 0 amide bonds. The Morgan fingerprint density at radius 2 is 1.85 bits per heavy atom. The van der Waals surface area contributed by atoms with E-state index >= 15 is 0 Å². The second-order valence-corrected chi connectivity index (χ2v) is 6.90. The topological polar surface area (TPSA) is 29.3 Å². The van der Waals surface area contributed by atoms with Crippen LogP contribution in [0.2, 0.25) is 0 Å². The van der Waals surface area contributed by atoms with Gasteiger partial charge in [-0.1, -0.05) is 44.5 Å². The Labute approximate surface area is 123 Å². The van der Waals surface area contributed by atoms with Gasteiger partial charge in [0.25, 0.3) is 0 Å². The van der Waals surface area contributed by atoms with Gasteiger partial charge in [-0.3, -0.25) is 4.90 Å². The van der Waals surface area contributed by atoms with Crippen molar-refractivity contribution < 1.29 is 0 Å². The highest BCUT2D eigenvalue weighted by Crippen LogP contribution is 2.41. The molecule has 2 unspecified atom stereocenters. The zero-order valence-corrected chi connectivity index (χ0v) is 12.9. The number of piperidine rings is 1. The first kappa shape index (κ1) is 14.1. The molecule has 2 nitrogen and oxygen atoms in total. The lowest BCUT2D eigenvalue weighted by Gasteiger charge is -2.51. The normalized spacial score (nSPS) is 31.3. The predicted octanol–water partition coefficient (Wildman–Crippen LogP) is 3.30. The van der Waals surface area contributed by atoms with Crippen LogP contribution in [0, 0.1) is 5.92 Å². The number of rotatable bonds is 2. The highest BCUT2D eigenvalue weighted by molar-refractivity contribution is 5.38. The molecule has 0 saturated carbocycles. The first-order valence-electron chi connectivity index (χ1n) is 8.25. The summed E-state index contributed by atoms with van der Waals surface area (Å²) in [7, 11) is 0. The lowest BCUT2D eigenvalue weighted by molar-refractivity contribution is 0.0572. The van der Waals surface area contributed by atoms with E-state index in [-0.39, 0.29) is 5.54 Å². The van der Waals surface area contributed by atoms with Crippen LogP contribution in [0.15, 0.2) is 24.3 Å². The van der Waals surface area contributed by atoms with Gasteiger partial charge in [-0.2, -0.15) is 0 Å². The maximum Gasteiger partial charge on any atom is 0.0593 e. The third-order valence-corrected chi connectivity index (χ3v) is 5.51. The largest absolute Gasteiger partial charge is 0.320 e. The third kappa shape index (κ3) is 2.19. The van der Waals surface area contributed by atoms with Crippen LogP contribution < -0.4 is 5.73 Å². The van der Waals surface area contributed by atoms with E-state index in [2.05, 4.69) is 43.0 Å². The van der Waals surface area contributed by atoms with Crippen molar-refractivity contribution in [2.24, 2.45) is 11.7 Å². The van der Waals surface area contributed by atoms with Crippen molar-refractivity contribution in [3.8, 4) is 0 Å². The molecule has 1 heterocycles. The van der Waals surface area contributed by atoms with E-state index in [4.69, 9.17) is 5.73 Å². The summed E-state index contributed by atoms with van der Waals surface area (Å²) in [5.41, 5.74) is 9.73. The molecule has 20 heavy (non-hydrogen) atoms. The van der Waals surface area contributed by atoms with Crippen LogP contribution in [0.25, 0.3) is 0 Å². The van der Waals surface area contributed by atoms with Crippen molar-refractivity contribution in [1.29, 1.82) is 0 Å².